The number of ether oxygens (including phenoxy) is 1. The third-order valence-electron chi connectivity index (χ3n) is 5.66. The minimum Gasteiger partial charge on any atom is -0.422 e. The van der Waals surface area contributed by atoms with E-state index in [4.69, 9.17) is 4.74 Å². The van der Waals surface area contributed by atoms with Crippen molar-refractivity contribution < 1.29 is 22.7 Å². The van der Waals surface area contributed by atoms with Gasteiger partial charge in [0.15, 0.2) is 0 Å². The number of rotatable bonds is 6. The number of aromatic nitrogens is 2. The summed E-state index contributed by atoms with van der Waals surface area (Å²) in [6.07, 6.45) is 5.79. The van der Waals surface area contributed by atoms with Gasteiger partial charge in [0.2, 0.25) is 0 Å². The van der Waals surface area contributed by atoms with Crippen molar-refractivity contribution in [1.29, 1.82) is 0 Å². The zero-order valence-corrected chi connectivity index (χ0v) is 22.0. The zero-order valence-electron chi connectivity index (χ0n) is 19.6. The Labute approximate surface area is 226 Å². The summed E-state index contributed by atoms with van der Waals surface area (Å²) in [6.45, 7) is 0. The molecule has 0 spiro atoms. The number of hydrogen-bond acceptors (Lipinski definition) is 7. The largest absolute Gasteiger partial charge is 0.422 e. The summed E-state index contributed by atoms with van der Waals surface area (Å²) in [5, 5.41) is 0.849. The van der Waals surface area contributed by atoms with Gasteiger partial charge in [-0.25, -0.2) is 13.2 Å². The van der Waals surface area contributed by atoms with Gasteiger partial charge in [-0.15, -0.1) is 0 Å². The van der Waals surface area contributed by atoms with Gasteiger partial charge >= 0.3 is 5.97 Å². The SMILES string of the molecule is O=C(Oc1ccc(N(C(=O)c2ccncc2)S(=O)(=O)c2ccc(Br)cc2)c2ccccc12)c1ccncc1. The van der Waals surface area contributed by atoms with Crippen molar-refractivity contribution in [3.8, 4) is 5.75 Å². The summed E-state index contributed by atoms with van der Waals surface area (Å²) in [4.78, 5) is 34.2. The molecule has 5 aromatic rings. The van der Waals surface area contributed by atoms with E-state index in [9.17, 15) is 18.0 Å². The maximum atomic E-state index is 13.9. The fraction of sp³-hybridized carbons (Fsp3) is 0. The van der Waals surface area contributed by atoms with Crippen molar-refractivity contribution in [3.63, 3.8) is 0 Å². The number of sulfonamides is 1. The number of anilines is 1. The molecule has 5 rings (SSSR count). The van der Waals surface area contributed by atoms with E-state index in [-0.39, 0.29) is 21.9 Å². The third-order valence-corrected chi connectivity index (χ3v) is 7.90. The number of amides is 1. The topological polar surface area (TPSA) is 107 Å². The Morgan fingerprint density at radius 1 is 0.711 bits per heavy atom. The number of pyridine rings is 2. The number of carbonyl (C=O) groups is 2. The Balaban J connectivity index is 1.67. The first-order valence-electron chi connectivity index (χ1n) is 11.3. The molecular formula is C28H18BrN3O5S. The number of carbonyl (C=O) groups excluding carboxylic acids is 2. The van der Waals surface area contributed by atoms with Crippen LogP contribution >= 0.6 is 15.9 Å². The average molecular weight is 588 g/mol. The summed E-state index contributed by atoms with van der Waals surface area (Å²) in [5.74, 6) is -1.15. The van der Waals surface area contributed by atoms with Crippen molar-refractivity contribution in [2.45, 2.75) is 4.90 Å². The molecule has 3 aromatic carbocycles. The van der Waals surface area contributed by atoms with Crippen LogP contribution in [0, 0.1) is 0 Å². The number of hydrogen-bond donors (Lipinski definition) is 0. The van der Waals surface area contributed by atoms with Gasteiger partial charge in [0.05, 0.1) is 16.1 Å². The molecule has 0 saturated carbocycles. The van der Waals surface area contributed by atoms with Crippen molar-refractivity contribution in [2.24, 2.45) is 0 Å². The smallest absolute Gasteiger partial charge is 0.343 e. The molecule has 0 saturated heterocycles. The monoisotopic (exact) mass is 587 g/mol. The lowest BCUT2D eigenvalue weighted by Gasteiger charge is -2.25. The molecule has 0 bridgehead atoms. The Bertz CT molecular complexity index is 1750. The van der Waals surface area contributed by atoms with Crippen molar-refractivity contribution in [3.05, 3.63) is 125 Å². The van der Waals surface area contributed by atoms with Gasteiger partial charge < -0.3 is 4.74 Å². The number of halogens is 1. The molecule has 0 aliphatic rings. The summed E-state index contributed by atoms with van der Waals surface area (Å²) in [6, 6.07) is 21.7. The summed E-state index contributed by atoms with van der Waals surface area (Å²) < 4.78 is 35.0. The molecule has 0 N–H and O–H groups in total. The van der Waals surface area contributed by atoms with Crippen LogP contribution in [0.3, 0.4) is 0 Å². The second-order valence-corrected chi connectivity index (χ2v) is 10.7. The highest BCUT2D eigenvalue weighted by Gasteiger charge is 2.33. The minimum absolute atomic E-state index is 0.0691. The maximum Gasteiger partial charge on any atom is 0.343 e. The molecule has 0 aliphatic carbocycles. The van der Waals surface area contributed by atoms with Gasteiger partial charge in [0.1, 0.15) is 5.75 Å². The molecule has 2 heterocycles. The van der Waals surface area contributed by atoms with Crippen LogP contribution in [0.1, 0.15) is 20.7 Å². The first kappa shape index (κ1) is 25.2. The van der Waals surface area contributed by atoms with Gasteiger partial charge in [-0.1, -0.05) is 40.2 Å². The first-order valence-corrected chi connectivity index (χ1v) is 13.5. The lowest BCUT2D eigenvalue weighted by molar-refractivity contribution is 0.0736. The van der Waals surface area contributed by atoms with Gasteiger partial charge in [-0.2, -0.15) is 4.31 Å². The Morgan fingerprint density at radius 2 is 1.29 bits per heavy atom. The summed E-state index contributed by atoms with van der Waals surface area (Å²) in [7, 11) is -4.36. The van der Waals surface area contributed by atoms with Crippen LogP contribution in [0.15, 0.2) is 119 Å². The van der Waals surface area contributed by atoms with Crippen LogP contribution in [0.4, 0.5) is 5.69 Å². The van der Waals surface area contributed by atoms with Crippen molar-refractivity contribution >= 4 is 54.3 Å². The third kappa shape index (κ3) is 4.91. The Hall–Kier alpha value is -4.41. The fourth-order valence-electron chi connectivity index (χ4n) is 3.84. The maximum absolute atomic E-state index is 13.9. The van der Waals surface area contributed by atoms with Crippen LogP contribution in [0.5, 0.6) is 5.75 Å². The lowest BCUT2D eigenvalue weighted by Crippen LogP contribution is -2.37. The second kappa shape index (κ2) is 10.5. The number of benzene rings is 3. The molecule has 188 valence electrons. The molecule has 0 atom stereocenters. The molecule has 10 heteroatoms. The van der Waals surface area contributed by atoms with E-state index < -0.39 is 21.9 Å². The van der Waals surface area contributed by atoms with E-state index in [1.165, 1.54) is 73.3 Å². The van der Waals surface area contributed by atoms with E-state index in [2.05, 4.69) is 25.9 Å². The highest BCUT2D eigenvalue weighted by Crippen LogP contribution is 2.37. The molecular weight excluding hydrogens is 570 g/mol. The van der Waals surface area contributed by atoms with Gasteiger partial charge in [0.25, 0.3) is 15.9 Å². The second-order valence-electron chi connectivity index (χ2n) is 8.02. The van der Waals surface area contributed by atoms with E-state index in [0.29, 0.717) is 20.8 Å². The fourth-order valence-corrected chi connectivity index (χ4v) is 5.54. The predicted molar refractivity (Wildman–Crippen MR) is 146 cm³/mol. The number of esters is 1. The van der Waals surface area contributed by atoms with Gasteiger partial charge in [-0.3, -0.25) is 14.8 Å². The highest BCUT2D eigenvalue weighted by molar-refractivity contribution is 9.10. The zero-order chi connectivity index (χ0) is 26.7. The molecule has 0 radical (unpaired) electrons. The molecule has 2 aromatic heterocycles. The van der Waals surface area contributed by atoms with E-state index in [1.807, 2.05) is 0 Å². The normalized spacial score (nSPS) is 11.2. The van der Waals surface area contributed by atoms with Crippen LogP contribution in [-0.2, 0) is 10.0 Å². The van der Waals surface area contributed by atoms with Crippen molar-refractivity contribution in [2.75, 3.05) is 4.31 Å². The summed E-state index contributed by atoms with van der Waals surface area (Å²) in [5.41, 5.74) is 0.549. The van der Waals surface area contributed by atoms with E-state index in [1.54, 1.807) is 36.4 Å². The Kier molecular flexibility index (Phi) is 6.99. The predicted octanol–water partition coefficient (Wildman–Crippen LogP) is 5.65. The van der Waals surface area contributed by atoms with Crippen molar-refractivity contribution in [1.82, 2.24) is 9.97 Å². The molecule has 8 nitrogen and oxygen atoms in total. The molecule has 0 unspecified atom stereocenters. The van der Waals surface area contributed by atoms with Crippen LogP contribution in [0.2, 0.25) is 0 Å². The average Bonchev–Trinajstić information content (AvgIpc) is 2.95. The molecule has 38 heavy (non-hydrogen) atoms. The van der Waals surface area contributed by atoms with Crippen LogP contribution < -0.4 is 9.04 Å². The van der Waals surface area contributed by atoms with Crippen LogP contribution in [-0.4, -0.2) is 30.3 Å². The number of fused-ring (bicyclic) bond motifs is 1. The highest BCUT2D eigenvalue weighted by atomic mass is 79.9. The van der Waals surface area contributed by atoms with Gasteiger partial charge in [0, 0.05) is 45.6 Å². The quantitative estimate of drug-likeness (QED) is 0.187. The standard InChI is InChI=1S/C28H18BrN3O5S/c29-21-5-7-22(8-6-21)38(35,36)32(27(33)19-11-15-30-16-12-19)25-9-10-26(24-4-2-1-3-23(24)25)37-28(34)20-13-17-31-18-14-20/h1-18H. The summed E-state index contributed by atoms with van der Waals surface area (Å²) >= 11 is 3.31. The first-order chi connectivity index (χ1) is 18.4. The minimum atomic E-state index is -4.36. The molecule has 0 fully saturated rings. The van der Waals surface area contributed by atoms with Gasteiger partial charge in [-0.05, 0) is 60.7 Å². The van der Waals surface area contributed by atoms with E-state index in [0.717, 1.165) is 4.31 Å². The number of nitrogens with zero attached hydrogens (tertiary/aromatic N) is 3. The lowest BCUT2D eigenvalue weighted by atomic mass is 10.1. The molecule has 1 amide bonds. The Morgan fingerprint density at radius 3 is 1.92 bits per heavy atom. The van der Waals surface area contributed by atoms with Crippen LogP contribution in [0.25, 0.3) is 10.8 Å². The molecule has 0 aliphatic heterocycles. The van der Waals surface area contributed by atoms with E-state index >= 15 is 0 Å².